The zero-order valence-corrected chi connectivity index (χ0v) is 9.26. The minimum Gasteiger partial charge on any atom is -0.391 e. The summed E-state index contributed by atoms with van der Waals surface area (Å²) < 4.78 is 0. The van der Waals surface area contributed by atoms with Crippen LogP contribution in [0.25, 0.3) is 0 Å². The Balaban J connectivity index is 4.15. The van der Waals surface area contributed by atoms with E-state index < -0.39 is 0 Å². The maximum Gasteiger partial charge on any atom is 0.0720 e. The van der Waals surface area contributed by atoms with Crippen LogP contribution >= 0.6 is 0 Å². The molecule has 0 radical (unpaired) electrons. The Morgan fingerprint density at radius 1 is 1.25 bits per heavy atom. The molecule has 1 atom stereocenters. The van der Waals surface area contributed by atoms with E-state index in [-0.39, 0.29) is 11.6 Å². The van der Waals surface area contributed by atoms with E-state index >= 15 is 0 Å². The summed E-state index contributed by atoms with van der Waals surface area (Å²) in [6.45, 7) is 8.41. The summed E-state index contributed by atoms with van der Waals surface area (Å²) in [5, 5.41) is 9.88. The van der Waals surface area contributed by atoms with Crippen molar-refractivity contribution in [1.82, 2.24) is 4.90 Å². The second kappa shape index (κ2) is 4.24. The number of hydrogen-bond acceptors (Lipinski definition) is 2. The highest BCUT2D eigenvalue weighted by Gasteiger charge is 2.29. The Labute approximate surface area is 76.6 Å². The minimum absolute atomic E-state index is 0.121. The van der Waals surface area contributed by atoms with Gasteiger partial charge in [-0.1, -0.05) is 13.8 Å². The maximum atomic E-state index is 9.88. The van der Waals surface area contributed by atoms with Crippen molar-refractivity contribution in [3.05, 3.63) is 0 Å². The van der Waals surface area contributed by atoms with Crippen LogP contribution in [0.1, 0.15) is 34.1 Å². The van der Waals surface area contributed by atoms with Crippen LogP contribution in [-0.4, -0.2) is 35.7 Å². The quantitative estimate of drug-likeness (QED) is 0.700. The molecule has 0 saturated heterocycles. The normalized spacial score (nSPS) is 15.8. The molecule has 0 aromatic carbocycles. The highest BCUT2D eigenvalue weighted by molar-refractivity contribution is 4.85. The molecule has 0 bridgehead atoms. The van der Waals surface area contributed by atoms with Crippen LogP contribution in [-0.2, 0) is 0 Å². The molecule has 0 amide bonds. The van der Waals surface area contributed by atoms with Gasteiger partial charge in [0.1, 0.15) is 0 Å². The Bertz CT molecular complexity index is 130. The molecule has 0 aliphatic heterocycles. The van der Waals surface area contributed by atoms with Gasteiger partial charge in [-0.3, -0.25) is 0 Å². The van der Waals surface area contributed by atoms with E-state index in [9.17, 15) is 5.11 Å². The van der Waals surface area contributed by atoms with Gasteiger partial charge in [0.25, 0.3) is 0 Å². The van der Waals surface area contributed by atoms with Gasteiger partial charge >= 0.3 is 0 Å². The molecule has 0 rings (SSSR count). The summed E-state index contributed by atoms with van der Waals surface area (Å²) in [4.78, 5) is 2.07. The van der Waals surface area contributed by atoms with Crippen LogP contribution < -0.4 is 0 Å². The standard InChI is InChI=1S/C10H23NO/c1-8(2)7-9(12)10(3,4)11(5)6/h8-9,12H,7H2,1-6H3. The van der Waals surface area contributed by atoms with Crippen molar-refractivity contribution in [2.24, 2.45) is 5.92 Å². The first-order valence-electron chi connectivity index (χ1n) is 4.64. The largest absolute Gasteiger partial charge is 0.391 e. The lowest BCUT2D eigenvalue weighted by molar-refractivity contribution is 0.00506. The van der Waals surface area contributed by atoms with Gasteiger partial charge in [-0.25, -0.2) is 0 Å². The number of aliphatic hydroxyl groups excluding tert-OH is 1. The van der Waals surface area contributed by atoms with E-state index in [1.807, 2.05) is 14.1 Å². The van der Waals surface area contributed by atoms with Gasteiger partial charge in [-0.05, 0) is 40.3 Å². The summed E-state index contributed by atoms with van der Waals surface area (Å²) in [5.74, 6) is 0.555. The molecule has 0 spiro atoms. The number of likely N-dealkylation sites (N-methyl/N-ethyl adjacent to an activating group) is 1. The molecule has 0 aliphatic rings. The first-order chi connectivity index (χ1) is 5.28. The number of rotatable bonds is 4. The molecule has 2 heteroatoms. The van der Waals surface area contributed by atoms with Gasteiger partial charge < -0.3 is 10.0 Å². The summed E-state index contributed by atoms with van der Waals surface area (Å²) in [6, 6.07) is 0. The average molecular weight is 173 g/mol. The Kier molecular flexibility index (Phi) is 4.21. The van der Waals surface area contributed by atoms with Gasteiger partial charge in [0.05, 0.1) is 6.10 Å². The summed E-state index contributed by atoms with van der Waals surface area (Å²) in [6.07, 6.45) is 0.623. The molecule has 1 N–H and O–H groups in total. The fraction of sp³-hybridized carbons (Fsp3) is 1.00. The topological polar surface area (TPSA) is 23.5 Å². The first kappa shape index (κ1) is 11.9. The SMILES string of the molecule is CC(C)CC(O)C(C)(C)N(C)C. The van der Waals surface area contributed by atoms with Gasteiger partial charge in [-0.15, -0.1) is 0 Å². The van der Waals surface area contributed by atoms with E-state index in [2.05, 4.69) is 32.6 Å². The zero-order valence-electron chi connectivity index (χ0n) is 9.26. The van der Waals surface area contributed by atoms with Crippen molar-refractivity contribution in [2.75, 3.05) is 14.1 Å². The molecule has 12 heavy (non-hydrogen) atoms. The molecule has 0 heterocycles. The van der Waals surface area contributed by atoms with Crippen molar-refractivity contribution in [1.29, 1.82) is 0 Å². The van der Waals surface area contributed by atoms with E-state index in [0.717, 1.165) is 6.42 Å². The van der Waals surface area contributed by atoms with Crippen LogP contribution in [0.15, 0.2) is 0 Å². The predicted octanol–water partition coefficient (Wildman–Crippen LogP) is 1.73. The smallest absolute Gasteiger partial charge is 0.0720 e. The lowest BCUT2D eigenvalue weighted by Gasteiger charge is -2.37. The molecular formula is C10H23NO. The fourth-order valence-corrected chi connectivity index (χ4v) is 1.03. The third-order valence-corrected chi connectivity index (χ3v) is 2.66. The van der Waals surface area contributed by atoms with Crippen molar-refractivity contribution >= 4 is 0 Å². The number of nitrogens with zero attached hydrogens (tertiary/aromatic N) is 1. The van der Waals surface area contributed by atoms with E-state index in [4.69, 9.17) is 0 Å². The van der Waals surface area contributed by atoms with Crippen LogP contribution in [0.3, 0.4) is 0 Å². The summed E-state index contributed by atoms with van der Waals surface area (Å²) in [7, 11) is 4.01. The van der Waals surface area contributed by atoms with Crippen LogP contribution in [0, 0.1) is 5.92 Å². The molecule has 1 unspecified atom stereocenters. The number of hydrogen-bond donors (Lipinski definition) is 1. The first-order valence-corrected chi connectivity index (χ1v) is 4.64. The Hall–Kier alpha value is -0.0800. The molecule has 2 nitrogen and oxygen atoms in total. The molecular weight excluding hydrogens is 150 g/mol. The lowest BCUT2D eigenvalue weighted by atomic mass is 9.89. The Morgan fingerprint density at radius 2 is 1.67 bits per heavy atom. The van der Waals surface area contributed by atoms with Gasteiger partial charge in [-0.2, -0.15) is 0 Å². The zero-order chi connectivity index (χ0) is 9.94. The molecule has 0 fully saturated rings. The maximum absolute atomic E-state index is 9.88. The van der Waals surface area contributed by atoms with E-state index in [1.54, 1.807) is 0 Å². The molecule has 0 aromatic heterocycles. The minimum atomic E-state index is -0.243. The third kappa shape index (κ3) is 3.11. The average Bonchev–Trinajstić information content (AvgIpc) is 1.85. The van der Waals surface area contributed by atoms with E-state index in [1.165, 1.54) is 0 Å². The summed E-state index contributed by atoms with van der Waals surface area (Å²) >= 11 is 0. The molecule has 0 saturated carbocycles. The Morgan fingerprint density at radius 3 is 1.92 bits per heavy atom. The van der Waals surface area contributed by atoms with Crippen LogP contribution in [0.2, 0.25) is 0 Å². The van der Waals surface area contributed by atoms with Gasteiger partial charge in [0, 0.05) is 5.54 Å². The second-order valence-electron chi connectivity index (χ2n) is 4.69. The van der Waals surface area contributed by atoms with Crippen molar-refractivity contribution in [3.63, 3.8) is 0 Å². The monoisotopic (exact) mass is 173 g/mol. The second-order valence-corrected chi connectivity index (χ2v) is 4.69. The van der Waals surface area contributed by atoms with Crippen molar-refractivity contribution in [2.45, 2.75) is 45.8 Å². The highest BCUT2D eigenvalue weighted by Crippen LogP contribution is 2.21. The van der Waals surface area contributed by atoms with Crippen molar-refractivity contribution in [3.8, 4) is 0 Å². The highest BCUT2D eigenvalue weighted by atomic mass is 16.3. The van der Waals surface area contributed by atoms with E-state index in [0.29, 0.717) is 5.92 Å². The third-order valence-electron chi connectivity index (χ3n) is 2.66. The predicted molar refractivity (Wildman–Crippen MR) is 53.2 cm³/mol. The van der Waals surface area contributed by atoms with Gasteiger partial charge in [0.15, 0.2) is 0 Å². The lowest BCUT2D eigenvalue weighted by Crippen LogP contribution is -2.49. The number of aliphatic hydroxyl groups is 1. The molecule has 0 aliphatic carbocycles. The fourth-order valence-electron chi connectivity index (χ4n) is 1.03. The van der Waals surface area contributed by atoms with Crippen LogP contribution in [0.5, 0.6) is 0 Å². The van der Waals surface area contributed by atoms with Crippen LogP contribution in [0.4, 0.5) is 0 Å². The van der Waals surface area contributed by atoms with Crippen molar-refractivity contribution < 1.29 is 5.11 Å². The van der Waals surface area contributed by atoms with Gasteiger partial charge in [0.2, 0.25) is 0 Å². The molecule has 74 valence electrons. The molecule has 0 aromatic rings. The summed E-state index contributed by atoms with van der Waals surface area (Å²) in [5.41, 5.74) is -0.121.